The Morgan fingerprint density at radius 2 is 2.05 bits per heavy atom. The van der Waals surface area contributed by atoms with Crippen molar-refractivity contribution >= 4 is 21.8 Å². The van der Waals surface area contributed by atoms with Crippen molar-refractivity contribution in [1.82, 2.24) is 14.7 Å². The van der Waals surface area contributed by atoms with Crippen molar-refractivity contribution in [2.24, 2.45) is 5.73 Å². The maximum atomic E-state index is 10.9. The van der Waals surface area contributed by atoms with E-state index in [2.05, 4.69) is 20.0 Å². The predicted octanol–water partition coefficient (Wildman–Crippen LogP) is -0.775. The number of aromatic nitrogens is 2. The minimum absolute atomic E-state index is 0.210. The summed E-state index contributed by atoms with van der Waals surface area (Å²) in [6, 6.07) is 2.08. The van der Waals surface area contributed by atoms with Crippen LogP contribution in [0.25, 0.3) is 0 Å². The highest BCUT2D eigenvalue weighted by Gasteiger charge is 2.29. The van der Waals surface area contributed by atoms with Crippen LogP contribution in [0.5, 0.6) is 0 Å². The summed E-state index contributed by atoms with van der Waals surface area (Å²) in [4.78, 5) is 8.29. The molecule has 0 spiro atoms. The fourth-order valence-corrected chi connectivity index (χ4v) is 2.59. The van der Waals surface area contributed by atoms with Gasteiger partial charge >= 0.3 is 0 Å². The first-order chi connectivity index (χ1) is 9.33. The molecule has 0 amide bonds. The average molecular weight is 300 g/mol. The second kappa shape index (κ2) is 5.90. The zero-order valence-electron chi connectivity index (χ0n) is 11.3. The second-order valence-corrected chi connectivity index (χ2v) is 6.89. The van der Waals surface area contributed by atoms with Crippen molar-refractivity contribution in [2.75, 3.05) is 30.4 Å². The topological polar surface area (TPSA) is 136 Å². The third-order valence-corrected chi connectivity index (χ3v) is 3.88. The van der Waals surface area contributed by atoms with Crippen LogP contribution < -0.4 is 21.5 Å². The maximum absolute atomic E-state index is 10.9. The van der Waals surface area contributed by atoms with Crippen LogP contribution in [-0.4, -0.2) is 43.8 Å². The van der Waals surface area contributed by atoms with Crippen LogP contribution in [0.15, 0.2) is 6.07 Å². The molecule has 6 N–H and O–H groups in total. The van der Waals surface area contributed by atoms with E-state index in [-0.39, 0.29) is 18.5 Å². The largest absolute Gasteiger partial charge is 0.369 e. The lowest BCUT2D eigenvalue weighted by Crippen LogP contribution is -2.35. The molecule has 20 heavy (non-hydrogen) atoms. The summed E-state index contributed by atoms with van der Waals surface area (Å²) in [6.07, 6.45) is 2.94. The van der Waals surface area contributed by atoms with Crippen molar-refractivity contribution < 1.29 is 8.42 Å². The lowest BCUT2D eigenvalue weighted by molar-refractivity contribution is 0.345. The summed E-state index contributed by atoms with van der Waals surface area (Å²) in [5.74, 6) is 1.15. The molecule has 1 aliphatic rings. The molecule has 0 atom stereocenters. The summed E-state index contributed by atoms with van der Waals surface area (Å²) in [5.41, 5.74) is 12.3. The number of sulfonamides is 1. The minimum atomic E-state index is -3.17. The third kappa shape index (κ3) is 4.29. The fraction of sp³-hybridized carbons (Fsp3) is 0.636. The smallest absolute Gasteiger partial charge is 0.222 e. The van der Waals surface area contributed by atoms with Gasteiger partial charge in [0.25, 0.3) is 0 Å². The Morgan fingerprint density at radius 3 is 2.65 bits per heavy atom. The zero-order chi connectivity index (χ0) is 14.8. The van der Waals surface area contributed by atoms with Gasteiger partial charge in [0.2, 0.25) is 16.0 Å². The number of rotatable bonds is 6. The lowest BCUT2D eigenvalue weighted by atomic mass is 9.78. The molecule has 1 fully saturated rings. The van der Waals surface area contributed by atoms with Crippen LogP contribution in [0, 0.1) is 0 Å². The van der Waals surface area contributed by atoms with Gasteiger partial charge in [-0.05, 0) is 12.8 Å². The van der Waals surface area contributed by atoms with E-state index < -0.39 is 10.0 Å². The van der Waals surface area contributed by atoms with Gasteiger partial charge in [-0.25, -0.2) is 18.1 Å². The molecule has 0 aliphatic heterocycles. The number of nitrogens with one attached hydrogen (secondary N) is 2. The van der Waals surface area contributed by atoms with E-state index in [9.17, 15) is 8.42 Å². The van der Waals surface area contributed by atoms with E-state index in [1.807, 2.05) is 6.07 Å². The molecule has 2 rings (SSSR count). The second-order valence-electron chi connectivity index (χ2n) is 5.06. The Morgan fingerprint density at radius 1 is 1.35 bits per heavy atom. The Balaban J connectivity index is 1.91. The van der Waals surface area contributed by atoms with E-state index in [1.54, 1.807) is 0 Å². The van der Waals surface area contributed by atoms with Crippen LogP contribution in [-0.2, 0) is 10.0 Å². The van der Waals surface area contributed by atoms with Crippen molar-refractivity contribution in [2.45, 2.75) is 24.8 Å². The first-order valence-electron chi connectivity index (χ1n) is 6.42. The average Bonchev–Trinajstić information content (AvgIpc) is 2.29. The first kappa shape index (κ1) is 14.9. The van der Waals surface area contributed by atoms with Crippen LogP contribution >= 0.6 is 0 Å². The maximum Gasteiger partial charge on any atom is 0.222 e. The van der Waals surface area contributed by atoms with Crippen molar-refractivity contribution in [3.63, 3.8) is 0 Å². The number of hydrogen-bond donors (Lipinski definition) is 4. The monoisotopic (exact) mass is 300 g/mol. The van der Waals surface area contributed by atoms with Crippen LogP contribution in [0.3, 0.4) is 0 Å². The molecular weight excluding hydrogens is 280 g/mol. The molecule has 1 aromatic heterocycles. The molecule has 8 nitrogen and oxygen atoms in total. The summed E-state index contributed by atoms with van der Waals surface area (Å²) in [6.45, 7) is 0.708. The standard InChI is InChI=1S/C11H20N6O2S/c1-20(18,19)15-3-2-14-10-6-9(16-11(13)17-10)7-4-8(12)5-7/h6-8,15H,2-5,12H2,1H3,(H3,13,14,16,17). The fourth-order valence-electron chi connectivity index (χ4n) is 2.12. The molecule has 0 aromatic carbocycles. The SMILES string of the molecule is CS(=O)(=O)NCCNc1cc(C2CC(N)C2)nc(N)n1. The highest BCUT2D eigenvalue weighted by molar-refractivity contribution is 7.88. The molecule has 112 valence electrons. The Kier molecular flexibility index (Phi) is 4.41. The molecule has 1 heterocycles. The Hall–Kier alpha value is -1.45. The summed E-state index contributed by atoms with van der Waals surface area (Å²) < 4.78 is 24.2. The van der Waals surface area contributed by atoms with E-state index in [0.717, 1.165) is 24.8 Å². The number of nitrogens with two attached hydrogens (primary N) is 2. The quantitative estimate of drug-likeness (QED) is 0.506. The van der Waals surface area contributed by atoms with Crippen LogP contribution in [0.1, 0.15) is 24.5 Å². The van der Waals surface area contributed by atoms with Crippen LogP contribution in [0.2, 0.25) is 0 Å². The molecule has 1 aliphatic carbocycles. The summed E-state index contributed by atoms with van der Waals surface area (Å²) in [5, 5.41) is 3.02. The molecular formula is C11H20N6O2S. The zero-order valence-corrected chi connectivity index (χ0v) is 12.2. The van der Waals surface area contributed by atoms with Gasteiger partial charge in [0.05, 0.1) is 11.9 Å². The van der Waals surface area contributed by atoms with Crippen molar-refractivity contribution in [3.8, 4) is 0 Å². The van der Waals surface area contributed by atoms with E-state index in [4.69, 9.17) is 11.5 Å². The summed E-state index contributed by atoms with van der Waals surface area (Å²) in [7, 11) is -3.17. The molecule has 0 saturated heterocycles. The molecule has 9 heteroatoms. The predicted molar refractivity (Wildman–Crippen MR) is 77.7 cm³/mol. The number of hydrogen-bond acceptors (Lipinski definition) is 7. The molecule has 0 unspecified atom stereocenters. The van der Waals surface area contributed by atoms with Gasteiger partial charge < -0.3 is 16.8 Å². The lowest BCUT2D eigenvalue weighted by Gasteiger charge is -2.32. The minimum Gasteiger partial charge on any atom is -0.369 e. The summed E-state index contributed by atoms with van der Waals surface area (Å²) >= 11 is 0. The van der Waals surface area contributed by atoms with E-state index >= 15 is 0 Å². The molecule has 1 saturated carbocycles. The highest BCUT2D eigenvalue weighted by Crippen LogP contribution is 2.35. The Bertz CT molecular complexity index is 570. The van der Waals surface area contributed by atoms with Gasteiger partial charge in [-0.15, -0.1) is 0 Å². The van der Waals surface area contributed by atoms with Crippen molar-refractivity contribution in [3.05, 3.63) is 11.8 Å². The van der Waals surface area contributed by atoms with E-state index in [1.165, 1.54) is 0 Å². The van der Waals surface area contributed by atoms with Gasteiger partial charge in [0.1, 0.15) is 5.82 Å². The van der Waals surface area contributed by atoms with Gasteiger partial charge in [0.15, 0.2) is 0 Å². The van der Waals surface area contributed by atoms with Crippen LogP contribution in [0.4, 0.5) is 11.8 Å². The van der Waals surface area contributed by atoms with Gasteiger partial charge in [-0.2, -0.15) is 4.98 Å². The molecule has 0 bridgehead atoms. The van der Waals surface area contributed by atoms with Gasteiger partial charge in [-0.3, -0.25) is 0 Å². The first-order valence-corrected chi connectivity index (χ1v) is 8.31. The molecule has 0 radical (unpaired) electrons. The van der Waals surface area contributed by atoms with E-state index in [0.29, 0.717) is 18.3 Å². The number of nitrogen functional groups attached to an aromatic ring is 1. The third-order valence-electron chi connectivity index (χ3n) is 3.15. The van der Waals surface area contributed by atoms with Crippen molar-refractivity contribution in [1.29, 1.82) is 0 Å². The molecule has 1 aromatic rings. The Labute approximate surface area is 118 Å². The van der Waals surface area contributed by atoms with Gasteiger partial charge in [0, 0.05) is 31.1 Å². The number of nitrogens with zero attached hydrogens (tertiary/aromatic N) is 2. The highest BCUT2D eigenvalue weighted by atomic mass is 32.2. The van der Waals surface area contributed by atoms with Gasteiger partial charge in [-0.1, -0.05) is 0 Å². The normalized spacial score (nSPS) is 22.3. The number of anilines is 2.